The van der Waals surface area contributed by atoms with E-state index in [9.17, 15) is 4.79 Å². The molecule has 0 saturated heterocycles. The molecule has 1 aromatic rings. The molecule has 20 heavy (non-hydrogen) atoms. The summed E-state index contributed by atoms with van der Waals surface area (Å²) in [6.07, 6.45) is 6.07. The van der Waals surface area contributed by atoms with Crippen LogP contribution in [0.2, 0.25) is 0 Å². The summed E-state index contributed by atoms with van der Waals surface area (Å²) < 4.78 is 0. The lowest BCUT2D eigenvalue weighted by atomic mass is 9.66. The van der Waals surface area contributed by atoms with Gasteiger partial charge in [-0.25, -0.2) is 0 Å². The van der Waals surface area contributed by atoms with E-state index >= 15 is 0 Å². The third-order valence-corrected chi connectivity index (χ3v) is 4.15. The van der Waals surface area contributed by atoms with Gasteiger partial charge >= 0.3 is 0 Å². The van der Waals surface area contributed by atoms with Crippen LogP contribution in [0, 0.1) is 0 Å². The van der Waals surface area contributed by atoms with Crippen LogP contribution in [0.15, 0.2) is 40.8 Å². The summed E-state index contributed by atoms with van der Waals surface area (Å²) in [5.74, 6) is 0.304. The van der Waals surface area contributed by atoms with Crippen molar-refractivity contribution in [2.75, 3.05) is 0 Å². The quantitative estimate of drug-likeness (QED) is 0.579. The molecule has 2 rings (SSSR count). The molecule has 104 valence electrons. The average molecular weight is 268 g/mol. The maximum atomic E-state index is 12.5. The summed E-state index contributed by atoms with van der Waals surface area (Å²) in [6, 6.07) is 5.74. The van der Waals surface area contributed by atoms with Crippen molar-refractivity contribution in [3.63, 3.8) is 0 Å². The van der Waals surface area contributed by atoms with Crippen LogP contribution in [0.3, 0.4) is 0 Å². The first-order valence-electron chi connectivity index (χ1n) is 6.90. The molecular weight excluding hydrogens is 248 g/mol. The van der Waals surface area contributed by atoms with Gasteiger partial charge in [-0.05, 0) is 50.4 Å². The first-order valence-corrected chi connectivity index (χ1v) is 6.90. The summed E-state index contributed by atoms with van der Waals surface area (Å²) in [4.78, 5) is 20.4. The molecule has 1 saturated carbocycles. The zero-order valence-corrected chi connectivity index (χ0v) is 11.8. The van der Waals surface area contributed by atoms with Gasteiger partial charge in [-0.15, -0.1) is 6.58 Å². The topological polar surface area (TPSA) is 41.8 Å². The molecule has 0 bridgehead atoms. The van der Waals surface area contributed by atoms with Crippen LogP contribution in [0.1, 0.15) is 37.7 Å². The molecule has 0 radical (unpaired) electrons. The third-order valence-electron chi connectivity index (χ3n) is 4.15. The monoisotopic (exact) mass is 268 g/mol. The molecule has 1 aromatic carbocycles. The van der Waals surface area contributed by atoms with Gasteiger partial charge in [-0.1, -0.05) is 18.6 Å². The normalized spacial score (nSPS) is 22.3. The van der Waals surface area contributed by atoms with Gasteiger partial charge in [0, 0.05) is 6.42 Å². The molecular formula is C17H20N2O. The first kappa shape index (κ1) is 14.4. The van der Waals surface area contributed by atoms with Crippen molar-refractivity contribution in [2.24, 2.45) is 9.98 Å². The van der Waals surface area contributed by atoms with Gasteiger partial charge in [-0.2, -0.15) is 0 Å². The Morgan fingerprint density at radius 1 is 1.20 bits per heavy atom. The van der Waals surface area contributed by atoms with E-state index in [2.05, 4.69) is 30.0 Å². The average Bonchev–Trinajstić information content (AvgIpc) is 2.49. The predicted molar refractivity (Wildman–Crippen MR) is 84.8 cm³/mol. The van der Waals surface area contributed by atoms with Gasteiger partial charge in [0.25, 0.3) is 0 Å². The van der Waals surface area contributed by atoms with Crippen LogP contribution in [0.25, 0.3) is 0 Å². The molecule has 0 spiro atoms. The second-order valence-corrected chi connectivity index (χ2v) is 5.22. The zero-order valence-electron chi connectivity index (χ0n) is 11.8. The Kier molecular flexibility index (Phi) is 4.28. The Balaban J connectivity index is 2.54. The number of ketones is 1. The Labute approximate surface area is 120 Å². The summed E-state index contributed by atoms with van der Waals surface area (Å²) in [5.41, 5.74) is 1.93. The predicted octanol–water partition coefficient (Wildman–Crippen LogP) is 4.31. The molecule has 0 aromatic heterocycles. The molecule has 1 aliphatic rings. The number of aliphatic imine (C=N–C) groups is 2. The number of benzene rings is 1. The molecule has 0 aliphatic heterocycles. The summed E-state index contributed by atoms with van der Waals surface area (Å²) in [5, 5.41) is 0. The standard InChI is InChI=1S/C17H20N2O/c1-4-10-17(11-6-5-7-16(17)20)13-8-9-14(18-2)15(12-13)19-3/h4,8-9,12H,1-3,5-7,10-11H2. The van der Waals surface area contributed by atoms with Crippen molar-refractivity contribution < 1.29 is 4.79 Å². The first-order chi connectivity index (χ1) is 9.67. The van der Waals surface area contributed by atoms with Gasteiger partial charge in [0.15, 0.2) is 0 Å². The number of carbonyl (C=O) groups excluding carboxylic acids is 1. The van der Waals surface area contributed by atoms with E-state index in [1.807, 2.05) is 24.3 Å². The maximum absolute atomic E-state index is 12.5. The molecule has 1 unspecified atom stereocenters. The minimum Gasteiger partial charge on any atom is -0.299 e. The molecule has 0 heterocycles. The third kappa shape index (κ3) is 2.36. The highest BCUT2D eigenvalue weighted by Gasteiger charge is 2.40. The van der Waals surface area contributed by atoms with Crippen LogP contribution < -0.4 is 0 Å². The number of nitrogens with zero attached hydrogens (tertiary/aromatic N) is 2. The van der Waals surface area contributed by atoms with E-state index in [1.165, 1.54) is 0 Å². The number of allylic oxidation sites excluding steroid dienone is 1. The summed E-state index contributed by atoms with van der Waals surface area (Å²) in [7, 11) is 0. The van der Waals surface area contributed by atoms with Gasteiger partial charge in [0.1, 0.15) is 5.78 Å². The smallest absolute Gasteiger partial charge is 0.143 e. The Hall–Kier alpha value is -2.03. The van der Waals surface area contributed by atoms with Crippen molar-refractivity contribution >= 4 is 30.6 Å². The molecule has 1 fully saturated rings. The Bertz CT molecular complexity index is 562. The summed E-state index contributed by atoms with van der Waals surface area (Å²) >= 11 is 0. The number of Topliss-reactive ketones (excluding diaryl/α,β-unsaturated/α-hetero) is 1. The van der Waals surface area contributed by atoms with E-state index in [0.29, 0.717) is 30.0 Å². The lowest BCUT2D eigenvalue weighted by molar-refractivity contribution is -0.126. The minimum atomic E-state index is -0.445. The van der Waals surface area contributed by atoms with Crippen LogP contribution in [-0.2, 0) is 10.2 Å². The van der Waals surface area contributed by atoms with Crippen LogP contribution in [0.4, 0.5) is 11.4 Å². The van der Waals surface area contributed by atoms with Crippen LogP contribution in [-0.4, -0.2) is 19.2 Å². The molecule has 3 nitrogen and oxygen atoms in total. The fourth-order valence-electron chi connectivity index (χ4n) is 3.06. The molecule has 0 amide bonds. The number of hydrogen-bond donors (Lipinski definition) is 0. The largest absolute Gasteiger partial charge is 0.299 e. The van der Waals surface area contributed by atoms with Crippen molar-refractivity contribution in [3.8, 4) is 0 Å². The van der Waals surface area contributed by atoms with Crippen molar-refractivity contribution in [3.05, 3.63) is 36.4 Å². The molecule has 1 atom stereocenters. The molecule has 0 N–H and O–H groups in total. The van der Waals surface area contributed by atoms with E-state index in [1.54, 1.807) is 0 Å². The van der Waals surface area contributed by atoms with Crippen molar-refractivity contribution in [2.45, 2.75) is 37.5 Å². The fraction of sp³-hybridized carbons (Fsp3) is 0.353. The lowest BCUT2D eigenvalue weighted by Gasteiger charge is -2.35. The van der Waals surface area contributed by atoms with Gasteiger partial charge < -0.3 is 0 Å². The number of carbonyl (C=O) groups is 1. The SMILES string of the molecule is C=CCC1(c2ccc(N=C)c(N=C)c2)CCCCC1=O. The molecule has 3 heteroatoms. The van der Waals surface area contributed by atoms with Crippen LogP contribution in [0.5, 0.6) is 0 Å². The minimum absolute atomic E-state index is 0.304. The summed E-state index contributed by atoms with van der Waals surface area (Å²) in [6.45, 7) is 10.9. The Morgan fingerprint density at radius 2 is 1.95 bits per heavy atom. The lowest BCUT2D eigenvalue weighted by Crippen LogP contribution is -2.38. The van der Waals surface area contributed by atoms with E-state index in [4.69, 9.17) is 0 Å². The van der Waals surface area contributed by atoms with E-state index in [0.717, 1.165) is 24.8 Å². The fourth-order valence-corrected chi connectivity index (χ4v) is 3.06. The molecule has 1 aliphatic carbocycles. The number of rotatable bonds is 5. The second kappa shape index (κ2) is 5.95. The van der Waals surface area contributed by atoms with Crippen molar-refractivity contribution in [1.29, 1.82) is 0 Å². The zero-order chi connectivity index (χ0) is 14.6. The highest BCUT2D eigenvalue weighted by atomic mass is 16.1. The number of hydrogen-bond acceptors (Lipinski definition) is 3. The van der Waals surface area contributed by atoms with E-state index in [-0.39, 0.29) is 0 Å². The van der Waals surface area contributed by atoms with Gasteiger partial charge in [0.2, 0.25) is 0 Å². The van der Waals surface area contributed by atoms with Crippen molar-refractivity contribution in [1.82, 2.24) is 0 Å². The van der Waals surface area contributed by atoms with E-state index < -0.39 is 5.41 Å². The highest BCUT2D eigenvalue weighted by Crippen LogP contribution is 2.42. The van der Waals surface area contributed by atoms with Crippen LogP contribution >= 0.6 is 0 Å². The Morgan fingerprint density at radius 3 is 2.55 bits per heavy atom. The van der Waals surface area contributed by atoms with Gasteiger partial charge in [-0.3, -0.25) is 14.8 Å². The van der Waals surface area contributed by atoms with Gasteiger partial charge in [0.05, 0.1) is 16.8 Å². The second-order valence-electron chi connectivity index (χ2n) is 5.22. The highest BCUT2D eigenvalue weighted by molar-refractivity contribution is 5.91. The maximum Gasteiger partial charge on any atom is 0.143 e.